The summed E-state index contributed by atoms with van der Waals surface area (Å²) in [5.41, 5.74) is 10.1. The molecule has 8 aromatic rings. The van der Waals surface area contributed by atoms with Crippen molar-refractivity contribution < 1.29 is 0 Å². The maximum atomic E-state index is 5.33. The summed E-state index contributed by atoms with van der Waals surface area (Å²) in [6, 6.07) is 55.7. The first kappa shape index (κ1) is 31.4. The van der Waals surface area contributed by atoms with Gasteiger partial charge in [0.1, 0.15) is 0 Å². The number of aromatic nitrogens is 4. The summed E-state index contributed by atoms with van der Waals surface area (Å²) in [4.78, 5) is 15.9. The molecule has 2 aliphatic carbocycles. The summed E-state index contributed by atoms with van der Waals surface area (Å²) in [6.45, 7) is 7.20. The number of hydrogen-bond acceptors (Lipinski definition) is 3. The van der Waals surface area contributed by atoms with E-state index >= 15 is 0 Å². The van der Waals surface area contributed by atoms with E-state index in [-0.39, 0.29) is 16.7 Å². The highest BCUT2D eigenvalue weighted by Gasteiger charge is 2.52. The molecule has 0 saturated carbocycles. The van der Waals surface area contributed by atoms with Crippen LogP contribution in [0, 0.1) is 5.92 Å². The van der Waals surface area contributed by atoms with Gasteiger partial charge in [-0.25, -0.2) is 4.98 Å². The third-order valence-corrected chi connectivity index (χ3v) is 11.6. The fourth-order valence-electron chi connectivity index (χ4n) is 9.08. The third-order valence-electron chi connectivity index (χ3n) is 11.6. The lowest BCUT2D eigenvalue weighted by Crippen LogP contribution is -2.44. The molecular formula is C49H38N4. The molecule has 254 valence electrons. The van der Waals surface area contributed by atoms with Crippen LogP contribution < -0.4 is 10.6 Å². The Morgan fingerprint density at radius 1 is 0.491 bits per heavy atom. The molecule has 0 N–H and O–H groups in total. The van der Waals surface area contributed by atoms with E-state index in [9.17, 15) is 0 Å². The molecule has 0 saturated heterocycles. The Kier molecular flexibility index (Phi) is 7.00. The second-order valence-corrected chi connectivity index (χ2v) is 15.2. The molecular weight excluding hydrogens is 645 g/mol. The van der Waals surface area contributed by atoms with Crippen molar-refractivity contribution in [2.24, 2.45) is 5.92 Å². The van der Waals surface area contributed by atoms with Crippen LogP contribution in [0.15, 0.2) is 158 Å². The average Bonchev–Trinajstić information content (AvgIpc) is 3.62. The van der Waals surface area contributed by atoms with Crippen molar-refractivity contribution in [1.82, 2.24) is 19.5 Å². The van der Waals surface area contributed by atoms with Crippen molar-refractivity contribution >= 4 is 23.1 Å². The average molecular weight is 683 g/mol. The lowest BCUT2D eigenvalue weighted by molar-refractivity contribution is 0.356. The van der Waals surface area contributed by atoms with Crippen LogP contribution in [0.5, 0.6) is 0 Å². The molecule has 0 aliphatic heterocycles. The Labute approximate surface area is 309 Å². The highest BCUT2D eigenvalue weighted by Crippen LogP contribution is 2.56. The van der Waals surface area contributed by atoms with Crippen molar-refractivity contribution in [2.45, 2.75) is 31.6 Å². The summed E-state index contributed by atoms with van der Waals surface area (Å²) in [7, 11) is 0. The van der Waals surface area contributed by atoms with Crippen LogP contribution >= 0.6 is 0 Å². The zero-order valence-electron chi connectivity index (χ0n) is 30.0. The van der Waals surface area contributed by atoms with Crippen LogP contribution in [-0.2, 0) is 10.8 Å². The van der Waals surface area contributed by atoms with E-state index < -0.39 is 0 Å². The molecule has 53 heavy (non-hydrogen) atoms. The van der Waals surface area contributed by atoms with Crippen LogP contribution in [0.25, 0.3) is 74.0 Å². The normalized spacial score (nSPS) is 18.1. The lowest BCUT2D eigenvalue weighted by Gasteiger charge is -2.36. The second-order valence-electron chi connectivity index (χ2n) is 15.2. The Morgan fingerprint density at radius 2 is 1.00 bits per heavy atom. The zero-order valence-corrected chi connectivity index (χ0v) is 30.0. The topological polar surface area (TPSA) is 43.6 Å². The molecule has 2 unspecified atom stereocenters. The number of fused-ring (bicyclic) bond motifs is 6. The van der Waals surface area contributed by atoms with Gasteiger partial charge < -0.3 is 0 Å². The molecule has 0 fully saturated rings. The first-order valence-electron chi connectivity index (χ1n) is 18.4. The minimum atomic E-state index is -0.146. The van der Waals surface area contributed by atoms with E-state index in [1.165, 1.54) is 21.7 Å². The van der Waals surface area contributed by atoms with E-state index in [1.807, 2.05) is 12.1 Å². The van der Waals surface area contributed by atoms with E-state index in [0.29, 0.717) is 17.6 Å². The zero-order chi connectivity index (χ0) is 35.7. The highest BCUT2D eigenvalue weighted by atomic mass is 15.2. The molecule has 2 heterocycles. The molecule has 4 nitrogen and oxygen atoms in total. The van der Waals surface area contributed by atoms with Crippen LogP contribution in [0.1, 0.15) is 31.9 Å². The second kappa shape index (κ2) is 11.8. The van der Waals surface area contributed by atoms with Crippen molar-refractivity contribution in [1.29, 1.82) is 0 Å². The smallest absolute Gasteiger partial charge is 0.238 e. The van der Waals surface area contributed by atoms with Gasteiger partial charge >= 0.3 is 0 Å². The van der Waals surface area contributed by atoms with Gasteiger partial charge in [0.2, 0.25) is 5.95 Å². The molecule has 0 amide bonds. The standard InChI is InChI=1S/C49H38N4/c1-48(2)40-25-11-12-26-41(40)49(3)31-39-38-24-10-13-27-42(38)53(43(39)30-44(48)49)47-51-45(36-22-14-20-34(28-36)32-16-6-4-7-17-32)50-46(52-47)37-23-15-21-35(29-37)33-18-8-5-9-19-33/h4-31,44H,1-3H3. The van der Waals surface area contributed by atoms with Gasteiger partial charge in [0.25, 0.3) is 0 Å². The van der Waals surface area contributed by atoms with E-state index in [2.05, 4.69) is 183 Å². The van der Waals surface area contributed by atoms with Gasteiger partial charge in [-0.15, -0.1) is 0 Å². The fraction of sp³-hybridized carbons (Fsp3) is 0.122. The first-order valence-corrected chi connectivity index (χ1v) is 18.4. The van der Waals surface area contributed by atoms with Gasteiger partial charge in [-0.05, 0) is 57.0 Å². The summed E-state index contributed by atoms with van der Waals surface area (Å²) in [5, 5.41) is 3.56. The van der Waals surface area contributed by atoms with Crippen molar-refractivity contribution in [3.8, 4) is 51.0 Å². The predicted octanol–water partition coefficient (Wildman–Crippen LogP) is 9.92. The Morgan fingerprint density at radius 3 is 1.62 bits per heavy atom. The van der Waals surface area contributed by atoms with Crippen LogP contribution in [0.2, 0.25) is 0 Å². The predicted molar refractivity (Wildman–Crippen MR) is 217 cm³/mol. The minimum Gasteiger partial charge on any atom is -0.278 e. The quantitative estimate of drug-likeness (QED) is 0.182. The molecule has 0 bridgehead atoms. The van der Waals surface area contributed by atoms with Gasteiger partial charge in [0.15, 0.2) is 11.6 Å². The van der Waals surface area contributed by atoms with Crippen LogP contribution in [0.4, 0.5) is 0 Å². The molecule has 4 heteroatoms. The van der Waals surface area contributed by atoms with Crippen LogP contribution in [-0.4, -0.2) is 19.5 Å². The Hall–Kier alpha value is -6.39. The van der Waals surface area contributed by atoms with Gasteiger partial charge in [-0.1, -0.05) is 172 Å². The minimum absolute atomic E-state index is 0.0635. The SMILES string of the molecule is CC1(C)c2ccccc2C2(C)C=c3c(n(-c4nc(-c5cccc(-c6ccccc6)c5)nc(-c5cccc(-c6ccccc6)c5)n4)c4ccccc34)=CC12. The fourth-order valence-corrected chi connectivity index (χ4v) is 9.08. The lowest BCUT2D eigenvalue weighted by atomic mass is 9.67. The Bertz CT molecular complexity index is 2730. The number of para-hydroxylation sites is 1. The summed E-state index contributed by atoms with van der Waals surface area (Å²) >= 11 is 0. The first-order chi connectivity index (χ1) is 25.9. The molecule has 0 spiro atoms. The van der Waals surface area contributed by atoms with Gasteiger partial charge in [-0.2, -0.15) is 9.97 Å². The molecule has 2 atom stereocenters. The van der Waals surface area contributed by atoms with Gasteiger partial charge in [0.05, 0.1) is 10.9 Å². The Balaban J connectivity index is 1.24. The largest absolute Gasteiger partial charge is 0.278 e. The molecule has 10 rings (SSSR count). The van der Waals surface area contributed by atoms with Crippen molar-refractivity contribution in [2.75, 3.05) is 0 Å². The van der Waals surface area contributed by atoms with E-state index in [4.69, 9.17) is 15.0 Å². The van der Waals surface area contributed by atoms with Gasteiger partial charge in [0, 0.05) is 33.1 Å². The molecule has 2 aromatic heterocycles. The summed E-state index contributed by atoms with van der Waals surface area (Å²) < 4.78 is 2.27. The summed E-state index contributed by atoms with van der Waals surface area (Å²) in [6.07, 6.45) is 5.03. The van der Waals surface area contributed by atoms with Crippen LogP contribution in [0.3, 0.4) is 0 Å². The molecule has 2 aliphatic rings. The van der Waals surface area contributed by atoms with Crippen molar-refractivity contribution in [3.05, 3.63) is 179 Å². The van der Waals surface area contributed by atoms with E-state index in [1.54, 1.807) is 0 Å². The monoisotopic (exact) mass is 682 g/mol. The van der Waals surface area contributed by atoms with Crippen molar-refractivity contribution in [3.63, 3.8) is 0 Å². The maximum absolute atomic E-state index is 5.33. The third kappa shape index (κ3) is 4.93. The maximum Gasteiger partial charge on any atom is 0.238 e. The molecule has 6 aromatic carbocycles. The highest BCUT2D eigenvalue weighted by molar-refractivity contribution is 5.86. The number of benzene rings is 6. The number of rotatable bonds is 5. The molecule has 0 radical (unpaired) electrons. The van der Waals surface area contributed by atoms with Gasteiger partial charge in [-0.3, -0.25) is 4.57 Å². The number of nitrogens with zero attached hydrogens (tertiary/aromatic N) is 4. The van der Waals surface area contributed by atoms with E-state index in [0.717, 1.165) is 44.2 Å². The summed E-state index contributed by atoms with van der Waals surface area (Å²) in [5.74, 6) is 2.13. The number of hydrogen-bond donors (Lipinski definition) is 0.